The fourth-order valence-corrected chi connectivity index (χ4v) is 8.01. The molecule has 9 aromatic rings. The fraction of sp³-hybridized carbons (Fsp3) is 0.0244. The number of nitrogens with zero attached hydrogens (tertiary/aromatic N) is 4. The Morgan fingerprint density at radius 1 is 0.522 bits per heavy atom. The molecule has 0 fully saturated rings. The van der Waals surface area contributed by atoms with Gasteiger partial charge in [0.1, 0.15) is 0 Å². The molecule has 10 rings (SSSR count). The normalized spacial score (nSPS) is 12.0. The molecule has 0 atom stereocenters. The number of benzene rings is 6. The Morgan fingerprint density at radius 3 is 1.72 bits per heavy atom. The van der Waals surface area contributed by atoms with Crippen LogP contribution in [-0.4, -0.2) is 18.9 Å². The van der Waals surface area contributed by atoms with Crippen molar-refractivity contribution in [3.63, 3.8) is 0 Å². The third kappa shape index (κ3) is 3.66. The molecule has 3 aromatic heterocycles. The summed E-state index contributed by atoms with van der Waals surface area (Å²) in [7, 11) is 0. The Kier molecular flexibility index (Phi) is 5.47. The molecule has 46 heavy (non-hydrogen) atoms. The first-order chi connectivity index (χ1) is 22.8. The molecule has 0 unspecified atom stereocenters. The van der Waals surface area contributed by atoms with Crippen molar-refractivity contribution in [3.8, 4) is 50.2 Å². The van der Waals surface area contributed by atoms with E-state index < -0.39 is 0 Å². The first kappa shape index (κ1) is 25.5. The van der Waals surface area contributed by atoms with Gasteiger partial charge in [-0.2, -0.15) is 0 Å². The van der Waals surface area contributed by atoms with Crippen LogP contribution in [-0.2, 0) is 6.42 Å². The molecule has 0 N–H and O–H groups in total. The van der Waals surface area contributed by atoms with E-state index in [1.54, 1.807) is 11.3 Å². The highest BCUT2D eigenvalue weighted by molar-refractivity contribution is 7.09. The van der Waals surface area contributed by atoms with Crippen molar-refractivity contribution in [3.05, 3.63) is 156 Å². The van der Waals surface area contributed by atoms with Crippen molar-refractivity contribution >= 4 is 39.2 Å². The maximum atomic E-state index is 5.37. The van der Waals surface area contributed by atoms with Crippen LogP contribution in [0.1, 0.15) is 10.6 Å². The molecule has 0 saturated carbocycles. The maximum Gasteiger partial charge on any atom is 0.220 e. The summed E-state index contributed by atoms with van der Waals surface area (Å²) in [4.78, 5) is 9.93. The Hall–Kier alpha value is -5.78. The average molecular weight is 607 g/mol. The molecule has 0 bridgehead atoms. The maximum absolute atomic E-state index is 5.37. The summed E-state index contributed by atoms with van der Waals surface area (Å²) in [5.74, 6) is 0.910. The molecular weight excluding hydrogens is 581 g/mol. The van der Waals surface area contributed by atoms with E-state index in [1.165, 1.54) is 50.1 Å². The van der Waals surface area contributed by atoms with E-state index in [2.05, 4.69) is 147 Å². The minimum atomic E-state index is 0.767. The number of hydrogen-bond donors (Lipinski definition) is 0. The molecule has 3 heterocycles. The topological polar surface area (TPSA) is 35.1 Å². The van der Waals surface area contributed by atoms with Crippen molar-refractivity contribution in [1.82, 2.24) is 18.9 Å². The van der Waals surface area contributed by atoms with E-state index in [-0.39, 0.29) is 0 Å². The number of hydrogen-bond acceptors (Lipinski definition) is 3. The third-order valence-corrected chi connectivity index (χ3v) is 10.1. The van der Waals surface area contributed by atoms with Crippen molar-refractivity contribution in [2.24, 2.45) is 0 Å². The monoisotopic (exact) mass is 606 g/mol. The zero-order valence-electron chi connectivity index (χ0n) is 24.8. The highest BCUT2D eigenvalue weighted by Gasteiger charge is 2.24. The minimum Gasteiger partial charge on any atom is -0.278 e. The Labute approximate surface area is 269 Å². The second-order valence-electron chi connectivity index (χ2n) is 11.8. The molecule has 5 heteroatoms. The summed E-state index contributed by atoms with van der Waals surface area (Å²) in [6.07, 6.45) is 2.64. The van der Waals surface area contributed by atoms with Gasteiger partial charge in [-0.15, -0.1) is 11.3 Å². The second-order valence-corrected chi connectivity index (χ2v) is 12.8. The van der Waals surface area contributed by atoms with Crippen molar-refractivity contribution < 1.29 is 0 Å². The Bertz CT molecular complexity index is 2620. The van der Waals surface area contributed by atoms with E-state index in [1.807, 2.05) is 11.6 Å². The van der Waals surface area contributed by atoms with Gasteiger partial charge >= 0.3 is 0 Å². The molecule has 4 nitrogen and oxygen atoms in total. The standard InChI is InChI=1S/C41H26N4S/c1-2-12-29-28(11-1)30-13-3-4-15-32(30)34-21-20-27(25-35(34)33-16-6-5-14-31(29)33)44-36-17-7-8-18-37(36)45-38-19-9-10-26(40(38)43-41(44)45)24-39-42-22-23-46-39/h1-23,25H,24H2. The van der Waals surface area contributed by atoms with E-state index in [9.17, 15) is 0 Å². The molecule has 1 aliphatic rings. The van der Waals surface area contributed by atoms with Gasteiger partial charge in [0.15, 0.2) is 0 Å². The fourth-order valence-electron chi connectivity index (χ4n) is 7.37. The number of thiazole rings is 1. The van der Waals surface area contributed by atoms with Crippen LogP contribution in [0.15, 0.2) is 145 Å². The van der Waals surface area contributed by atoms with Crippen LogP contribution in [0.2, 0.25) is 0 Å². The molecule has 0 radical (unpaired) electrons. The van der Waals surface area contributed by atoms with Crippen molar-refractivity contribution in [2.45, 2.75) is 6.42 Å². The number of para-hydroxylation sites is 3. The lowest BCUT2D eigenvalue weighted by molar-refractivity contribution is 1.11. The summed E-state index contributed by atoms with van der Waals surface area (Å²) in [6.45, 7) is 0. The molecule has 216 valence electrons. The van der Waals surface area contributed by atoms with Gasteiger partial charge in [0.25, 0.3) is 0 Å². The molecule has 0 saturated heterocycles. The van der Waals surface area contributed by atoms with E-state index in [0.717, 1.165) is 45.0 Å². The predicted octanol–water partition coefficient (Wildman–Crippen LogP) is 10.5. The minimum absolute atomic E-state index is 0.767. The zero-order chi connectivity index (χ0) is 30.2. The highest BCUT2D eigenvalue weighted by Crippen LogP contribution is 2.48. The van der Waals surface area contributed by atoms with E-state index in [0.29, 0.717) is 0 Å². The Balaban J connectivity index is 1.27. The molecule has 0 spiro atoms. The van der Waals surface area contributed by atoms with Crippen LogP contribution in [0, 0.1) is 0 Å². The van der Waals surface area contributed by atoms with Crippen LogP contribution in [0.3, 0.4) is 0 Å². The Morgan fingerprint density at radius 2 is 1.09 bits per heavy atom. The van der Waals surface area contributed by atoms with E-state index >= 15 is 0 Å². The molecule has 6 aromatic carbocycles. The molecule has 0 aliphatic heterocycles. The summed E-state index contributed by atoms with van der Waals surface area (Å²) < 4.78 is 4.64. The molecular formula is C41H26N4S. The van der Waals surface area contributed by atoms with Gasteiger partial charge in [0.05, 0.1) is 27.1 Å². The molecule has 0 amide bonds. The van der Waals surface area contributed by atoms with Crippen LogP contribution in [0.4, 0.5) is 0 Å². The smallest absolute Gasteiger partial charge is 0.220 e. The predicted molar refractivity (Wildman–Crippen MR) is 190 cm³/mol. The van der Waals surface area contributed by atoms with Gasteiger partial charge < -0.3 is 0 Å². The summed E-state index contributed by atoms with van der Waals surface area (Å²) in [5, 5.41) is 3.14. The van der Waals surface area contributed by atoms with Crippen LogP contribution >= 0.6 is 11.3 Å². The lowest BCUT2D eigenvalue weighted by Crippen LogP contribution is -2.00. The van der Waals surface area contributed by atoms with Gasteiger partial charge in [-0.25, -0.2) is 9.97 Å². The number of aromatic nitrogens is 4. The number of imidazole rings is 2. The van der Waals surface area contributed by atoms with Crippen LogP contribution in [0.5, 0.6) is 0 Å². The van der Waals surface area contributed by atoms with Crippen molar-refractivity contribution in [2.75, 3.05) is 0 Å². The lowest BCUT2D eigenvalue weighted by Gasteiger charge is -2.23. The van der Waals surface area contributed by atoms with Gasteiger partial charge in [-0.3, -0.25) is 8.97 Å². The first-order valence-electron chi connectivity index (χ1n) is 15.5. The van der Waals surface area contributed by atoms with Gasteiger partial charge in [-0.1, -0.05) is 103 Å². The molecule has 1 aliphatic carbocycles. The van der Waals surface area contributed by atoms with Crippen LogP contribution < -0.4 is 0 Å². The summed E-state index contributed by atoms with van der Waals surface area (Å²) in [5.41, 5.74) is 16.6. The van der Waals surface area contributed by atoms with Crippen molar-refractivity contribution in [1.29, 1.82) is 0 Å². The van der Waals surface area contributed by atoms with Gasteiger partial charge in [-0.05, 0) is 80.4 Å². The lowest BCUT2D eigenvalue weighted by atomic mass is 9.81. The summed E-state index contributed by atoms with van der Waals surface area (Å²) in [6, 6.07) is 48.5. The third-order valence-electron chi connectivity index (χ3n) is 9.34. The number of rotatable bonds is 3. The number of fused-ring (bicyclic) bond motifs is 13. The van der Waals surface area contributed by atoms with Gasteiger partial charge in [0, 0.05) is 23.7 Å². The SMILES string of the molecule is c1ccc2c(c1)-c1ccccc1-c1ccc(-n3c4ccccc4n4c5cccc(Cc6nccs6)c5nc34)cc1-c1ccccc1-2. The second kappa shape index (κ2) is 9.86. The summed E-state index contributed by atoms with van der Waals surface area (Å²) >= 11 is 1.69. The average Bonchev–Trinajstić information content (AvgIpc) is 3.84. The van der Waals surface area contributed by atoms with E-state index in [4.69, 9.17) is 4.98 Å². The quantitative estimate of drug-likeness (QED) is 0.201. The van der Waals surface area contributed by atoms with Crippen LogP contribution in [0.25, 0.3) is 78.0 Å². The largest absolute Gasteiger partial charge is 0.278 e. The highest BCUT2D eigenvalue weighted by atomic mass is 32.1. The van der Waals surface area contributed by atoms with Gasteiger partial charge in [0.2, 0.25) is 5.78 Å². The zero-order valence-corrected chi connectivity index (χ0v) is 25.6. The first-order valence-corrected chi connectivity index (χ1v) is 16.4.